The van der Waals surface area contributed by atoms with E-state index in [1.54, 1.807) is 11.3 Å². The van der Waals surface area contributed by atoms with Gasteiger partial charge < -0.3 is 5.32 Å². The van der Waals surface area contributed by atoms with Gasteiger partial charge in [0.25, 0.3) is 0 Å². The maximum absolute atomic E-state index is 12.5. The van der Waals surface area contributed by atoms with E-state index in [-0.39, 0.29) is 11.9 Å². The summed E-state index contributed by atoms with van der Waals surface area (Å²) in [4.78, 5) is 13.5. The highest BCUT2D eigenvalue weighted by molar-refractivity contribution is 9.11. The minimum absolute atomic E-state index is 0.0251. The molecule has 1 heterocycles. The zero-order valence-corrected chi connectivity index (χ0v) is 14.8. The van der Waals surface area contributed by atoms with Gasteiger partial charge in [-0.3, -0.25) is 4.79 Å². The Hall–Kier alpha value is -1.91. The second kappa shape index (κ2) is 7.57. The first kappa shape index (κ1) is 16.0. The fraction of sp³-hybridized carbons (Fsp3) is 0.105. The number of carbonyl (C=O) groups excluding carboxylic acids is 1. The summed E-state index contributed by atoms with van der Waals surface area (Å²) < 4.78 is 1.04. The van der Waals surface area contributed by atoms with Crippen LogP contribution in [-0.4, -0.2) is 5.91 Å². The molecule has 0 radical (unpaired) electrons. The molecule has 2 aromatic carbocycles. The Morgan fingerprint density at radius 3 is 1.96 bits per heavy atom. The van der Waals surface area contributed by atoms with E-state index in [2.05, 4.69) is 21.2 Å². The summed E-state index contributed by atoms with van der Waals surface area (Å²) in [6.45, 7) is 0. The van der Waals surface area contributed by atoms with E-state index >= 15 is 0 Å². The van der Waals surface area contributed by atoms with Crippen LogP contribution in [0.3, 0.4) is 0 Å². The maximum Gasteiger partial charge on any atom is 0.226 e. The van der Waals surface area contributed by atoms with Gasteiger partial charge in [-0.25, -0.2) is 0 Å². The van der Waals surface area contributed by atoms with Crippen LogP contribution in [0.25, 0.3) is 0 Å². The third kappa shape index (κ3) is 4.30. The van der Waals surface area contributed by atoms with E-state index in [4.69, 9.17) is 0 Å². The first-order valence-electron chi connectivity index (χ1n) is 7.36. The Morgan fingerprint density at radius 1 is 0.913 bits per heavy atom. The molecule has 1 amide bonds. The molecule has 0 aliphatic rings. The molecular formula is C19H16BrNOS. The molecule has 0 fully saturated rings. The van der Waals surface area contributed by atoms with Crippen molar-refractivity contribution < 1.29 is 4.79 Å². The molecule has 23 heavy (non-hydrogen) atoms. The Kier molecular flexibility index (Phi) is 5.26. The quantitative estimate of drug-likeness (QED) is 0.660. The molecule has 116 valence electrons. The van der Waals surface area contributed by atoms with E-state index in [0.717, 1.165) is 19.8 Å². The van der Waals surface area contributed by atoms with E-state index in [1.165, 1.54) is 0 Å². The summed E-state index contributed by atoms with van der Waals surface area (Å²) in [6.07, 6.45) is 0.395. The van der Waals surface area contributed by atoms with Gasteiger partial charge in [0.15, 0.2) is 0 Å². The molecule has 0 saturated carbocycles. The largest absolute Gasteiger partial charge is 0.345 e. The third-order valence-corrected chi connectivity index (χ3v) is 5.16. The molecule has 0 bridgehead atoms. The van der Waals surface area contributed by atoms with E-state index < -0.39 is 0 Å². The number of hydrogen-bond donors (Lipinski definition) is 1. The SMILES string of the molecule is O=C(Cc1ccc(Br)s1)NC(c1ccccc1)c1ccccc1. The van der Waals surface area contributed by atoms with Crippen molar-refractivity contribution in [2.75, 3.05) is 0 Å². The zero-order chi connectivity index (χ0) is 16.1. The monoisotopic (exact) mass is 385 g/mol. The van der Waals surface area contributed by atoms with Crippen molar-refractivity contribution >= 4 is 33.2 Å². The summed E-state index contributed by atoms with van der Waals surface area (Å²) in [5.41, 5.74) is 2.17. The molecule has 0 aliphatic carbocycles. The van der Waals surface area contributed by atoms with Crippen LogP contribution in [0, 0.1) is 0 Å². The first-order chi connectivity index (χ1) is 11.2. The summed E-state index contributed by atoms with van der Waals surface area (Å²) >= 11 is 5.02. The molecule has 3 aromatic rings. The zero-order valence-electron chi connectivity index (χ0n) is 12.4. The van der Waals surface area contributed by atoms with Crippen LogP contribution in [0.2, 0.25) is 0 Å². The summed E-state index contributed by atoms with van der Waals surface area (Å²) in [7, 11) is 0. The Balaban J connectivity index is 1.80. The fourth-order valence-corrected chi connectivity index (χ4v) is 3.95. The van der Waals surface area contributed by atoms with Gasteiger partial charge in [-0.15, -0.1) is 11.3 Å². The lowest BCUT2D eigenvalue weighted by molar-refractivity contribution is -0.120. The van der Waals surface area contributed by atoms with Crippen molar-refractivity contribution in [2.24, 2.45) is 0 Å². The summed E-state index contributed by atoms with van der Waals surface area (Å²) in [6, 6.07) is 23.9. The van der Waals surface area contributed by atoms with Crippen LogP contribution in [-0.2, 0) is 11.2 Å². The highest BCUT2D eigenvalue weighted by atomic mass is 79.9. The van der Waals surface area contributed by atoms with Crippen molar-refractivity contribution in [1.29, 1.82) is 0 Å². The molecule has 3 rings (SSSR count). The molecule has 1 N–H and O–H groups in total. The van der Waals surface area contributed by atoms with E-state index in [9.17, 15) is 4.79 Å². The van der Waals surface area contributed by atoms with Crippen molar-refractivity contribution in [3.63, 3.8) is 0 Å². The smallest absolute Gasteiger partial charge is 0.226 e. The summed E-state index contributed by atoms with van der Waals surface area (Å²) in [5, 5.41) is 3.16. The number of hydrogen-bond acceptors (Lipinski definition) is 2. The molecule has 0 unspecified atom stereocenters. The number of amides is 1. The van der Waals surface area contributed by atoms with Crippen LogP contribution >= 0.6 is 27.3 Å². The Bertz CT molecular complexity index is 731. The first-order valence-corrected chi connectivity index (χ1v) is 8.97. The number of nitrogens with one attached hydrogen (secondary N) is 1. The molecule has 0 aliphatic heterocycles. The second-order valence-corrected chi connectivity index (χ2v) is 7.75. The van der Waals surface area contributed by atoms with E-state index in [0.29, 0.717) is 6.42 Å². The highest BCUT2D eigenvalue weighted by Gasteiger charge is 2.17. The standard InChI is InChI=1S/C19H16BrNOS/c20-17-12-11-16(23-17)13-18(22)21-19(14-7-3-1-4-8-14)15-9-5-2-6-10-15/h1-12,19H,13H2,(H,21,22). The predicted octanol–water partition coefficient (Wildman–Crippen LogP) is 4.96. The van der Waals surface area contributed by atoms with Crippen molar-refractivity contribution in [1.82, 2.24) is 5.32 Å². The molecular weight excluding hydrogens is 370 g/mol. The van der Waals surface area contributed by atoms with Crippen molar-refractivity contribution in [2.45, 2.75) is 12.5 Å². The van der Waals surface area contributed by atoms with Crippen molar-refractivity contribution in [3.05, 3.63) is 92.6 Å². The van der Waals surface area contributed by atoms with Gasteiger partial charge in [-0.05, 0) is 39.2 Å². The van der Waals surface area contributed by atoms with Gasteiger partial charge in [0, 0.05) is 4.88 Å². The minimum atomic E-state index is -0.131. The van der Waals surface area contributed by atoms with Crippen LogP contribution < -0.4 is 5.32 Å². The van der Waals surface area contributed by atoms with Crippen LogP contribution in [0.15, 0.2) is 76.6 Å². The minimum Gasteiger partial charge on any atom is -0.345 e. The molecule has 2 nitrogen and oxygen atoms in total. The van der Waals surface area contributed by atoms with Gasteiger partial charge in [-0.2, -0.15) is 0 Å². The topological polar surface area (TPSA) is 29.1 Å². The normalized spacial score (nSPS) is 10.7. The summed E-state index contributed by atoms with van der Waals surface area (Å²) in [5.74, 6) is 0.0251. The molecule has 0 spiro atoms. The average molecular weight is 386 g/mol. The lowest BCUT2D eigenvalue weighted by Crippen LogP contribution is -2.30. The number of thiophene rings is 1. The lowest BCUT2D eigenvalue weighted by atomic mass is 9.98. The number of benzene rings is 2. The van der Waals surface area contributed by atoms with E-state index in [1.807, 2.05) is 72.8 Å². The van der Waals surface area contributed by atoms with Gasteiger partial charge in [0.2, 0.25) is 5.91 Å². The number of carbonyl (C=O) groups is 1. The Labute approximate surface area is 148 Å². The molecule has 0 saturated heterocycles. The fourth-order valence-electron chi connectivity index (χ4n) is 2.47. The molecule has 4 heteroatoms. The van der Waals surface area contributed by atoms with Gasteiger partial charge >= 0.3 is 0 Å². The van der Waals surface area contributed by atoms with Crippen molar-refractivity contribution in [3.8, 4) is 0 Å². The molecule has 1 aromatic heterocycles. The van der Waals surface area contributed by atoms with Gasteiger partial charge in [0.05, 0.1) is 16.2 Å². The Morgan fingerprint density at radius 2 is 1.48 bits per heavy atom. The van der Waals surface area contributed by atoms with Gasteiger partial charge in [0.1, 0.15) is 0 Å². The van der Waals surface area contributed by atoms with Crippen LogP contribution in [0.5, 0.6) is 0 Å². The maximum atomic E-state index is 12.5. The average Bonchev–Trinajstić information content (AvgIpc) is 2.99. The van der Waals surface area contributed by atoms with Gasteiger partial charge in [-0.1, -0.05) is 60.7 Å². The number of rotatable bonds is 5. The third-order valence-electron chi connectivity index (χ3n) is 3.53. The lowest BCUT2D eigenvalue weighted by Gasteiger charge is -2.19. The van der Waals surface area contributed by atoms with Crippen LogP contribution in [0.4, 0.5) is 0 Å². The highest BCUT2D eigenvalue weighted by Crippen LogP contribution is 2.24. The predicted molar refractivity (Wildman–Crippen MR) is 98.6 cm³/mol. The number of halogens is 1. The molecule has 0 atom stereocenters. The second-order valence-electron chi connectivity index (χ2n) is 5.20. The van der Waals surface area contributed by atoms with Crippen LogP contribution in [0.1, 0.15) is 22.0 Å².